The summed E-state index contributed by atoms with van der Waals surface area (Å²) in [6.45, 7) is 6.05. The number of carboxylic acids is 1. The van der Waals surface area contributed by atoms with Crippen LogP contribution in [0.15, 0.2) is 0 Å². The summed E-state index contributed by atoms with van der Waals surface area (Å²) in [6.07, 6.45) is 2.09. The molecule has 0 aromatic carbocycles. The first-order valence-corrected chi connectivity index (χ1v) is 6.73. The van der Waals surface area contributed by atoms with Gasteiger partial charge in [-0.1, -0.05) is 13.3 Å². The molecule has 0 radical (unpaired) electrons. The Labute approximate surface area is 113 Å². The van der Waals surface area contributed by atoms with E-state index in [1.54, 1.807) is 11.8 Å². The van der Waals surface area contributed by atoms with Crippen molar-refractivity contribution in [3.8, 4) is 0 Å². The van der Waals surface area contributed by atoms with E-state index in [4.69, 9.17) is 0 Å². The van der Waals surface area contributed by atoms with Crippen LogP contribution in [-0.4, -0.2) is 51.3 Å². The van der Waals surface area contributed by atoms with Crippen LogP contribution in [0.2, 0.25) is 0 Å². The highest BCUT2D eigenvalue weighted by Gasteiger charge is 2.37. The van der Waals surface area contributed by atoms with Crippen molar-refractivity contribution < 1.29 is 19.8 Å². The van der Waals surface area contributed by atoms with E-state index in [1.165, 1.54) is 6.92 Å². The lowest BCUT2D eigenvalue weighted by Crippen LogP contribution is -2.58. The van der Waals surface area contributed by atoms with E-state index >= 15 is 0 Å². The van der Waals surface area contributed by atoms with Crippen LogP contribution in [0, 0.1) is 0 Å². The van der Waals surface area contributed by atoms with Crippen LogP contribution in [-0.2, 0) is 4.79 Å². The van der Waals surface area contributed by atoms with E-state index in [0.29, 0.717) is 38.8 Å². The highest BCUT2D eigenvalue weighted by atomic mass is 16.4. The molecule has 0 spiro atoms. The summed E-state index contributed by atoms with van der Waals surface area (Å²) in [5.41, 5.74) is -1.96. The predicted octanol–water partition coefficient (Wildman–Crippen LogP) is 1.19. The van der Waals surface area contributed by atoms with Crippen LogP contribution in [0.5, 0.6) is 0 Å². The molecular weight excluding hydrogens is 248 g/mol. The van der Waals surface area contributed by atoms with Gasteiger partial charge in [0.25, 0.3) is 0 Å². The topological polar surface area (TPSA) is 89.9 Å². The Bertz CT molecular complexity index is 347. The number of rotatable bonds is 4. The number of nitrogens with zero attached hydrogens (tertiary/aromatic N) is 1. The number of carbonyl (C=O) groups is 2. The average Bonchev–Trinajstić information content (AvgIpc) is 2.28. The maximum absolute atomic E-state index is 12.1. The Morgan fingerprint density at radius 3 is 2.32 bits per heavy atom. The highest BCUT2D eigenvalue weighted by molar-refractivity contribution is 5.85. The first-order valence-electron chi connectivity index (χ1n) is 6.73. The molecule has 0 aromatic heterocycles. The molecule has 110 valence electrons. The molecule has 1 saturated heterocycles. The highest BCUT2D eigenvalue weighted by Crippen LogP contribution is 2.22. The Hall–Kier alpha value is -1.30. The molecule has 2 amide bonds. The summed E-state index contributed by atoms with van der Waals surface area (Å²) in [6, 6.07) is -0.367. The Kier molecular flexibility index (Phi) is 4.79. The number of urea groups is 1. The quantitative estimate of drug-likeness (QED) is 0.717. The number of hydrogen-bond acceptors (Lipinski definition) is 3. The minimum atomic E-state index is -1.23. The van der Waals surface area contributed by atoms with Gasteiger partial charge in [0.15, 0.2) is 0 Å². The molecule has 3 N–H and O–H groups in total. The van der Waals surface area contributed by atoms with Gasteiger partial charge in [0.05, 0.1) is 5.60 Å². The fourth-order valence-electron chi connectivity index (χ4n) is 2.23. The maximum Gasteiger partial charge on any atom is 0.329 e. The van der Waals surface area contributed by atoms with Crippen LogP contribution >= 0.6 is 0 Å². The van der Waals surface area contributed by atoms with Gasteiger partial charge >= 0.3 is 12.0 Å². The number of aliphatic hydroxyl groups is 1. The van der Waals surface area contributed by atoms with Crippen molar-refractivity contribution in [2.75, 3.05) is 13.1 Å². The Balaban J connectivity index is 2.61. The van der Waals surface area contributed by atoms with Crippen LogP contribution < -0.4 is 5.32 Å². The Morgan fingerprint density at radius 1 is 1.37 bits per heavy atom. The van der Waals surface area contributed by atoms with Crippen LogP contribution in [0.25, 0.3) is 0 Å². The second-order valence-electron chi connectivity index (χ2n) is 5.80. The van der Waals surface area contributed by atoms with Crippen molar-refractivity contribution in [3.63, 3.8) is 0 Å². The lowest BCUT2D eigenvalue weighted by Gasteiger charge is -2.37. The van der Waals surface area contributed by atoms with Gasteiger partial charge in [-0.3, -0.25) is 0 Å². The van der Waals surface area contributed by atoms with Gasteiger partial charge in [0.2, 0.25) is 0 Å². The molecule has 6 heteroatoms. The smallest absolute Gasteiger partial charge is 0.329 e. The third kappa shape index (κ3) is 4.09. The molecule has 1 aliphatic heterocycles. The summed E-state index contributed by atoms with van der Waals surface area (Å²) >= 11 is 0. The van der Waals surface area contributed by atoms with Crippen LogP contribution in [0.3, 0.4) is 0 Å². The molecule has 1 heterocycles. The normalized spacial score (nSPS) is 21.6. The van der Waals surface area contributed by atoms with Crippen molar-refractivity contribution >= 4 is 12.0 Å². The summed E-state index contributed by atoms with van der Waals surface area (Å²) < 4.78 is 0. The van der Waals surface area contributed by atoms with Crippen LogP contribution in [0.1, 0.15) is 46.5 Å². The van der Waals surface area contributed by atoms with E-state index in [0.717, 1.165) is 0 Å². The molecule has 0 aliphatic carbocycles. The summed E-state index contributed by atoms with van der Waals surface area (Å²) in [4.78, 5) is 24.9. The zero-order valence-corrected chi connectivity index (χ0v) is 11.9. The lowest BCUT2D eigenvalue weighted by molar-refractivity contribution is -0.144. The van der Waals surface area contributed by atoms with Gasteiger partial charge in [0.1, 0.15) is 5.54 Å². The Morgan fingerprint density at radius 2 is 1.89 bits per heavy atom. The average molecular weight is 272 g/mol. The molecule has 19 heavy (non-hydrogen) atoms. The largest absolute Gasteiger partial charge is 0.480 e. The molecule has 1 fully saturated rings. The summed E-state index contributed by atoms with van der Waals surface area (Å²) in [5.74, 6) is -1.02. The minimum absolute atomic E-state index is 0.367. The standard InChI is InChI=1S/C13H24N2O4/c1-4-5-13(3,10(16)17)14-11(18)15-8-6-12(2,19)7-9-15/h19H,4-9H2,1-3H3,(H,14,18)(H,16,17). The zero-order chi connectivity index (χ0) is 14.7. The van der Waals surface area contributed by atoms with Crippen molar-refractivity contribution in [1.29, 1.82) is 0 Å². The molecular formula is C13H24N2O4. The summed E-state index contributed by atoms with van der Waals surface area (Å²) in [7, 11) is 0. The number of piperidine rings is 1. The second kappa shape index (κ2) is 5.77. The predicted molar refractivity (Wildman–Crippen MR) is 70.9 cm³/mol. The van der Waals surface area contributed by atoms with Gasteiger partial charge in [-0.15, -0.1) is 0 Å². The van der Waals surface area contributed by atoms with Crippen LogP contribution in [0.4, 0.5) is 4.79 Å². The fraction of sp³-hybridized carbons (Fsp3) is 0.846. The zero-order valence-electron chi connectivity index (χ0n) is 11.9. The van der Waals surface area contributed by atoms with E-state index in [1.807, 2.05) is 6.92 Å². The van der Waals surface area contributed by atoms with Gasteiger partial charge < -0.3 is 20.4 Å². The number of carboxylic acid groups (broad SMARTS) is 1. The van der Waals surface area contributed by atoms with Gasteiger partial charge in [0, 0.05) is 13.1 Å². The van der Waals surface area contributed by atoms with E-state index in [2.05, 4.69) is 5.32 Å². The number of nitrogens with one attached hydrogen (secondary N) is 1. The van der Waals surface area contributed by atoms with Gasteiger partial charge in [-0.05, 0) is 33.1 Å². The first-order chi connectivity index (χ1) is 8.70. The second-order valence-corrected chi connectivity index (χ2v) is 5.80. The van der Waals surface area contributed by atoms with Crippen molar-refractivity contribution in [2.24, 2.45) is 0 Å². The third-order valence-corrected chi connectivity index (χ3v) is 3.73. The molecule has 1 rings (SSSR count). The first kappa shape index (κ1) is 15.8. The molecule has 1 unspecified atom stereocenters. The number of carbonyl (C=O) groups excluding carboxylic acids is 1. The minimum Gasteiger partial charge on any atom is -0.480 e. The van der Waals surface area contributed by atoms with E-state index in [9.17, 15) is 19.8 Å². The molecule has 1 aliphatic rings. The maximum atomic E-state index is 12.1. The monoisotopic (exact) mass is 272 g/mol. The number of hydrogen-bond donors (Lipinski definition) is 3. The fourth-order valence-corrected chi connectivity index (χ4v) is 2.23. The van der Waals surface area contributed by atoms with Crippen molar-refractivity contribution in [2.45, 2.75) is 57.6 Å². The lowest BCUT2D eigenvalue weighted by atomic mass is 9.93. The van der Waals surface area contributed by atoms with E-state index < -0.39 is 17.1 Å². The number of aliphatic carboxylic acids is 1. The van der Waals surface area contributed by atoms with Gasteiger partial charge in [-0.2, -0.15) is 0 Å². The van der Waals surface area contributed by atoms with Crippen molar-refractivity contribution in [1.82, 2.24) is 10.2 Å². The molecule has 0 saturated carbocycles. The molecule has 6 nitrogen and oxygen atoms in total. The molecule has 0 bridgehead atoms. The molecule has 0 aromatic rings. The number of likely N-dealkylation sites (tertiary alicyclic amines) is 1. The summed E-state index contributed by atoms with van der Waals surface area (Å²) in [5, 5.41) is 21.6. The SMILES string of the molecule is CCCC(C)(NC(=O)N1CCC(C)(O)CC1)C(=O)O. The molecule has 1 atom stereocenters. The van der Waals surface area contributed by atoms with Crippen molar-refractivity contribution in [3.05, 3.63) is 0 Å². The van der Waals surface area contributed by atoms with Gasteiger partial charge in [-0.25, -0.2) is 9.59 Å². The number of amides is 2. The third-order valence-electron chi connectivity index (χ3n) is 3.73. The van der Waals surface area contributed by atoms with E-state index in [-0.39, 0.29) is 6.03 Å².